The molecule has 2 rings (SSSR count). The largest absolute Gasteiger partial charge is 0.322 e. The molecule has 0 radical (unpaired) electrons. The highest BCUT2D eigenvalue weighted by Crippen LogP contribution is 2.25. The molecule has 0 saturated carbocycles. The molecule has 0 bridgehead atoms. The van der Waals surface area contributed by atoms with Crippen molar-refractivity contribution in [2.24, 2.45) is 0 Å². The maximum atomic E-state index is 12.0. The molecule has 1 aromatic heterocycles. The normalized spacial score (nSPS) is 10.2. The predicted octanol–water partition coefficient (Wildman–Crippen LogP) is 4.40. The zero-order valence-electron chi connectivity index (χ0n) is 8.95. The van der Waals surface area contributed by atoms with Gasteiger partial charge in [0.05, 0.1) is 15.6 Å². The Kier molecular flexibility index (Phi) is 4.22. The quantitative estimate of drug-likeness (QED) is 0.819. The van der Waals surface area contributed by atoms with Crippen molar-refractivity contribution in [3.63, 3.8) is 0 Å². The van der Waals surface area contributed by atoms with Crippen molar-refractivity contribution in [1.29, 1.82) is 0 Å². The Morgan fingerprint density at radius 3 is 2.67 bits per heavy atom. The van der Waals surface area contributed by atoms with Crippen LogP contribution in [0.3, 0.4) is 0 Å². The van der Waals surface area contributed by atoms with Gasteiger partial charge in [-0.2, -0.15) is 0 Å². The van der Waals surface area contributed by atoms with Crippen LogP contribution in [0.5, 0.6) is 0 Å². The number of amides is 1. The van der Waals surface area contributed by atoms with E-state index in [9.17, 15) is 4.79 Å². The van der Waals surface area contributed by atoms with Crippen LogP contribution in [0.1, 0.15) is 10.4 Å². The predicted molar refractivity (Wildman–Crippen MR) is 76.4 cm³/mol. The third kappa shape index (κ3) is 3.02. The third-order valence-corrected chi connectivity index (χ3v) is 3.55. The molecule has 0 unspecified atom stereocenters. The van der Waals surface area contributed by atoms with Gasteiger partial charge in [0, 0.05) is 11.9 Å². The van der Waals surface area contributed by atoms with Gasteiger partial charge in [0.15, 0.2) is 0 Å². The monoisotopic (exact) mass is 344 g/mol. The van der Waals surface area contributed by atoms with Gasteiger partial charge in [-0.1, -0.05) is 23.2 Å². The van der Waals surface area contributed by atoms with Gasteiger partial charge < -0.3 is 5.32 Å². The van der Waals surface area contributed by atoms with Crippen LogP contribution in [0.2, 0.25) is 10.0 Å². The summed E-state index contributed by atoms with van der Waals surface area (Å²) in [4.78, 5) is 16.0. The number of anilines is 1. The maximum Gasteiger partial charge on any atom is 0.258 e. The second-order valence-corrected chi connectivity index (χ2v) is 4.99. The fraction of sp³-hybridized carbons (Fsp3) is 0. The summed E-state index contributed by atoms with van der Waals surface area (Å²) in [6.45, 7) is 0. The first-order chi connectivity index (χ1) is 8.58. The lowest BCUT2D eigenvalue weighted by molar-refractivity contribution is 0.102. The minimum atomic E-state index is -0.270. The highest BCUT2D eigenvalue weighted by Gasteiger charge is 2.11. The Hall–Kier alpha value is -1.10. The number of hydrogen-bond donors (Lipinski definition) is 1. The highest BCUT2D eigenvalue weighted by molar-refractivity contribution is 9.10. The van der Waals surface area contributed by atoms with E-state index in [2.05, 4.69) is 26.2 Å². The standard InChI is InChI=1S/C12H7BrCl2N2O/c13-11-8(2-1-5-16-11)12(18)17-7-3-4-9(14)10(15)6-7/h1-6H,(H,17,18). The van der Waals surface area contributed by atoms with Gasteiger partial charge in [0.2, 0.25) is 0 Å². The Labute approximate surface area is 122 Å². The molecule has 0 aliphatic heterocycles. The molecule has 1 N–H and O–H groups in total. The number of nitrogens with zero attached hydrogens (tertiary/aromatic N) is 1. The molecule has 18 heavy (non-hydrogen) atoms. The van der Waals surface area contributed by atoms with Crippen LogP contribution in [-0.2, 0) is 0 Å². The number of rotatable bonds is 2. The Balaban J connectivity index is 2.22. The van der Waals surface area contributed by atoms with Crippen molar-refractivity contribution in [2.75, 3.05) is 5.32 Å². The Morgan fingerprint density at radius 2 is 2.00 bits per heavy atom. The number of carbonyl (C=O) groups is 1. The van der Waals surface area contributed by atoms with Crippen LogP contribution in [0.4, 0.5) is 5.69 Å². The van der Waals surface area contributed by atoms with Gasteiger partial charge in [-0.3, -0.25) is 4.79 Å². The van der Waals surface area contributed by atoms with Gasteiger partial charge in [0.1, 0.15) is 4.60 Å². The van der Waals surface area contributed by atoms with Crippen LogP contribution in [0, 0.1) is 0 Å². The zero-order chi connectivity index (χ0) is 13.1. The summed E-state index contributed by atoms with van der Waals surface area (Å²) >= 11 is 14.9. The second-order valence-electron chi connectivity index (χ2n) is 3.42. The van der Waals surface area contributed by atoms with E-state index in [1.165, 1.54) is 0 Å². The van der Waals surface area contributed by atoms with Crippen LogP contribution < -0.4 is 5.32 Å². The molecule has 0 spiro atoms. The van der Waals surface area contributed by atoms with Crippen LogP contribution in [-0.4, -0.2) is 10.9 Å². The lowest BCUT2D eigenvalue weighted by atomic mass is 10.2. The summed E-state index contributed by atoms with van der Waals surface area (Å²) in [5.74, 6) is -0.270. The molecule has 0 atom stereocenters. The van der Waals surface area contributed by atoms with E-state index in [1.54, 1.807) is 36.5 Å². The van der Waals surface area contributed by atoms with Crippen LogP contribution >= 0.6 is 39.1 Å². The van der Waals surface area contributed by atoms with Crippen LogP contribution in [0.15, 0.2) is 41.1 Å². The molecule has 0 saturated heterocycles. The average molecular weight is 346 g/mol. The third-order valence-electron chi connectivity index (χ3n) is 2.18. The van der Waals surface area contributed by atoms with Gasteiger partial charge in [-0.25, -0.2) is 4.98 Å². The second kappa shape index (κ2) is 5.69. The first kappa shape index (κ1) is 13.3. The van der Waals surface area contributed by atoms with E-state index >= 15 is 0 Å². The summed E-state index contributed by atoms with van der Waals surface area (Å²) in [5, 5.41) is 3.55. The molecule has 92 valence electrons. The van der Waals surface area contributed by atoms with Crippen molar-refractivity contribution in [3.8, 4) is 0 Å². The molecule has 3 nitrogen and oxygen atoms in total. The molecule has 6 heteroatoms. The SMILES string of the molecule is O=C(Nc1ccc(Cl)c(Cl)c1)c1cccnc1Br. The lowest BCUT2D eigenvalue weighted by Crippen LogP contribution is -2.12. The first-order valence-corrected chi connectivity index (χ1v) is 6.50. The minimum absolute atomic E-state index is 0.270. The molecule has 0 aliphatic rings. The molecule has 1 amide bonds. The summed E-state index contributed by atoms with van der Waals surface area (Å²) in [6, 6.07) is 8.25. The zero-order valence-corrected chi connectivity index (χ0v) is 12.1. The number of hydrogen-bond acceptors (Lipinski definition) is 2. The van der Waals surface area contributed by atoms with Gasteiger partial charge in [0.25, 0.3) is 5.91 Å². The fourth-order valence-electron chi connectivity index (χ4n) is 1.33. The average Bonchev–Trinajstić information content (AvgIpc) is 2.34. The van der Waals surface area contributed by atoms with Crippen molar-refractivity contribution in [1.82, 2.24) is 4.98 Å². The molecule has 0 fully saturated rings. The number of halogens is 3. The van der Waals surface area contributed by atoms with Crippen molar-refractivity contribution in [2.45, 2.75) is 0 Å². The smallest absolute Gasteiger partial charge is 0.258 e. The molecule has 1 heterocycles. The van der Waals surface area contributed by atoms with Crippen molar-refractivity contribution in [3.05, 3.63) is 56.7 Å². The molecular weight excluding hydrogens is 339 g/mol. The topological polar surface area (TPSA) is 42.0 Å². The summed E-state index contributed by atoms with van der Waals surface area (Å²) < 4.78 is 0.488. The molecule has 2 aromatic rings. The number of pyridine rings is 1. The number of benzene rings is 1. The molecule has 1 aromatic carbocycles. The highest BCUT2D eigenvalue weighted by atomic mass is 79.9. The van der Waals surface area contributed by atoms with Gasteiger partial charge >= 0.3 is 0 Å². The number of aromatic nitrogens is 1. The fourth-order valence-corrected chi connectivity index (χ4v) is 2.06. The van der Waals surface area contributed by atoms with E-state index in [4.69, 9.17) is 23.2 Å². The van der Waals surface area contributed by atoms with Crippen LogP contribution in [0.25, 0.3) is 0 Å². The van der Waals surface area contributed by atoms with E-state index in [1.807, 2.05) is 0 Å². The maximum absolute atomic E-state index is 12.0. The first-order valence-electron chi connectivity index (χ1n) is 4.95. The van der Waals surface area contributed by atoms with Crippen molar-refractivity contribution >= 4 is 50.7 Å². The molecular formula is C12H7BrCl2N2O. The lowest BCUT2D eigenvalue weighted by Gasteiger charge is -2.07. The Bertz CT molecular complexity index is 604. The summed E-state index contributed by atoms with van der Waals surface area (Å²) in [5.41, 5.74) is 1.02. The number of nitrogens with one attached hydrogen (secondary N) is 1. The number of carbonyl (C=O) groups excluding carboxylic acids is 1. The van der Waals surface area contributed by atoms with E-state index in [0.717, 1.165) is 0 Å². The van der Waals surface area contributed by atoms with Crippen molar-refractivity contribution < 1.29 is 4.79 Å². The van der Waals surface area contributed by atoms with Gasteiger partial charge in [-0.05, 0) is 46.3 Å². The molecule has 0 aliphatic carbocycles. The van der Waals surface area contributed by atoms with E-state index < -0.39 is 0 Å². The van der Waals surface area contributed by atoms with E-state index in [-0.39, 0.29) is 5.91 Å². The van der Waals surface area contributed by atoms with Gasteiger partial charge in [-0.15, -0.1) is 0 Å². The van der Waals surface area contributed by atoms with E-state index in [0.29, 0.717) is 25.9 Å². The minimum Gasteiger partial charge on any atom is -0.322 e. The summed E-state index contributed by atoms with van der Waals surface area (Å²) in [6.07, 6.45) is 1.60. The summed E-state index contributed by atoms with van der Waals surface area (Å²) in [7, 11) is 0. The Morgan fingerprint density at radius 1 is 1.22 bits per heavy atom.